The van der Waals surface area contributed by atoms with Crippen LogP contribution in [0.25, 0.3) is 11.3 Å². The number of rotatable bonds is 8. The van der Waals surface area contributed by atoms with Crippen molar-refractivity contribution >= 4 is 29.2 Å². The molecule has 0 unspecified atom stereocenters. The predicted molar refractivity (Wildman–Crippen MR) is 118 cm³/mol. The van der Waals surface area contributed by atoms with Crippen LogP contribution in [0, 0.1) is 5.92 Å². The zero-order valence-electron chi connectivity index (χ0n) is 16.4. The van der Waals surface area contributed by atoms with E-state index in [0.29, 0.717) is 11.8 Å². The van der Waals surface area contributed by atoms with Gasteiger partial charge in [0.1, 0.15) is 5.82 Å². The van der Waals surface area contributed by atoms with E-state index in [9.17, 15) is 5.11 Å². The Balaban J connectivity index is 1.99. The Morgan fingerprint density at radius 3 is 2.39 bits per heavy atom. The Bertz CT molecular complexity index is 902. The molecule has 0 spiro atoms. The third-order valence-corrected chi connectivity index (χ3v) is 5.28. The van der Waals surface area contributed by atoms with Crippen LogP contribution in [0.2, 0.25) is 0 Å². The van der Waals surface area contributed by atoms with Gasteiger partial charge in [0.2, 0.25) is 5.95 Å². The Morgan fingerprint density at radius 2 is 1.71 bits per heavy atom. The molecule has 0 aliphatic rings. The number of aromatic nitrogens is 2. The molecular weight excluding hydrogens is 368 g/mol. The van der Waals surface area contributed by atoms with E-state index in [2.05, 4.69) is 46.8 Å². The summed E-state index contributed by atoms with van der Waals surface area (Å²) in [4.78, 5) is 10.5. The molecule has 0 bridgehead atoms. The number of thioether (sulfide) groups is 1. The van der Waals surface area contributed by atoms with Crippen LogP contribution in [-0.4, -0.2) is 34.0 Å². The highest BCUT2D eigenvalue weighted by atomic mass is 32.2. The molecule has 0 saturated carbocycles. The van der Waals surface area contributed by atoms with E-state index in [1.807, 2.05) is 54.6 Å². The lowest BCUT2D eigenvalue weighted by atomic mass is 10.1. The van der Waals surface area contributed by atoms with Gasteiger partial charge in [0, 0.05) is 16.5 Å². The molecule has 3 aromatic rings. The molecule has 0 saturated heterocycles. The Labute approximate surface area is 170 Å². The largest absolute Gasteiger partial charge is 0.394 e. The van der Waals surface area contributed by atoms with Crippen LogP contribution in [0.1, 0.15) is 13.8 Å². The van der Waals surface area contributed by atoms with Gasteiger partial charge in [-0.05, 0) is 24.3 Å². The summed E-state index contributed by atoms with van der Waals surface area (Å²) in [5, 5.41) is 16.4. The van der Waals surface area contributed by atoms with Gasteiger partial charge in [0.15, 0.2) is 0 Å². The summed E-state index contributed by atoms with van der Waals surface area (Å²) < 4.78 is 0. The van der Waals surface area contributed by atoms with Crippen LogP contribution in [0.4, 0.5) is 17.5 Å². The van der Waals surface area contributed by atoms with Gasteiger partial charge >= 0.3 is 0 Å². The standard InChI is InChI=1S/C22H26N4OS/c1-15(2)19(14-27)25-22-24-18(16-9-5-4-6-10-16)13-21(26-22)23-17-11-7-8-12-20(17)28-3/h4-13,15,19,27H,14H2,1-3H3,(H2,23,24,25,26)/t19-/m0/s1. The maximum atomic E-state index is 9.68. The van der Waals surface area contributed by atoms with E-state index in [1.165, 1.54) is 0 Å². The van der Waals surface area contributed by atoms with Crippen molar-refractivity contribution in [2.45, 2.75) is 24.8 Å². The first-order valence-electron chi connectivity index (χ1n) is 9.32. The molecule has 1 aromatic heterocycles. The quantitative estimate of drug-likeness (QED) is 0.465. The van der Waals surface area contributed by atoms with E-state index in [4.69, 9.17) is 0 Å². The van der Waals surface area contributed by atoms with E-state index >= 15 is 0 Å². The summed E-state index contributed by atoms with van der Waals surface area (Å²) >= 11 is 1.68. The fourth-order valence-electron chi connectivity index (χ4n) is 2.81. The van der Waals surface area contributed by atoms with Crippen LogP contribution in [0.5, 0.6) is 0 Å². The number of hydrogen-bond donors (Lipinski definition) is 3. The fourth-order valence-corrected chi connectivity index (χ4v) is 3.36. The number of benzene rings is 2. The summed E-state index contributed by atoms with van der Waals surface area (Å²) in [5.41, 5.74) is 2.84. The van der Waals surface area contributed by atoms with Crippen LogP contribution in [0.15, 0.2) is 65.6 Å². The highest BCUT2D eigenvalue weighted by Gasteiger charge is 2.15. The maximum absolute atomic E-state index is 9.68. The number of aliphatic hydroxyl groups is 1. The van der Waals surface area contributed by atoms with Gasteiger partial charge < -0.3 is 15.7 Å². The van der Waals surface area contributed by atoms with Gasteiger partial charge in [-0.1, -0.05) is 56.3 Å². The second-order valence-electron chi connectivity index (χ2n) is 6.83. The van der Waals surface area contributed by atoms with Crippen LogP contribution in [0.3, 0.4) is 0 Å². The number of para-hydroxylation sites is 1. The third-order valence-electron chi connectivity index (χ3n) is 4.48. The fraction of sp³-hybridized carbons (Fsp3) is 0.273. The van der Waals surface area contributed by atoms with Gasteiger partial charge in [0.25, 0.3) is 0 Å². The van der Waals surface area contributed by atoms with Crippen molar-refractivity contribution in [2.24, 2.45) is 5.92 Å². The third kappa shape index (κ3) is 5.03. The van der Waals surface area contributed by atoms with Crippen molar-refractivity contribution in [1.82, 2.24) is 9.97 Å². The second-order valence-corrected chi connectivity index (χ2v) is 7.68. The lowest BCUT2D eigenvalue weighted by molar-refractivity contribution is 0.248. The van der Waals surface area contributed by atoms with Gasteiger partial charge in [-0.25, -0.2) is 4.98 Å². The molecule has 0 aliphatic heterocycles. The predicted octanol–water partition coefficient (Wildman–Crippen LogP) is 5.04. The molecule has 3 N–H and O–H groups in total. The normalized spacial score (nSPS) is 12.0. The molecule has 0 amide bonds. The minimum absolute atomic E-state index is 0.0225. The van der Waals surface area contributed by atoms with Gasteiger partial charge in [-0.15, -0.1) is 11.8 Å². The first-order chi connectivity index (χ1) is 13.6. The van der Waals surface area contributed by atoms with E-state index in [-0.39, 0.29) is 18.6 Å². The molecule has 2 aromatic carbocycles. The van der Waals surface area contributed by atoms with E-state index in [1.54, 1.807) is 11.8 Å². The maximum Gasteiger partial charge on any atom is 0.225 e. The molecule has 28 heavy (non-hydrogen) atoms. The lowest BCUT2D eigenvalue weighted by Crippen LogP contribution is -2.30. The minimum atomic E-state index is -0.114. The molecule has 1 atom stereocenters. The molecule has 1 heterocycles. The zero-order chi connectivity index (χ0) is 19.9. The van der Waals surface area contributed by atoms with Crippen LogP contribution < -0.4 is 10.6 Å². The summed E-state index contributed by atoms with van der Waals surface area (Å²) in [7, 11) is 0. The molecule has 3 rings (SSSR count). The van der Waals surface area contributed by atoms with Crippen LogP contribution in [-0.2, 0) is 0 Å². The van der Waals surface area contributed by atoms with Crippen molar-refractivity contribution in [3.05, 3.63) is 60.7 Å². The second kappa shape index (κ2) is 9.57. The number of nitrogens with one attached hydrogen (secondary N) is 2. The zero-order valence-corrected chi connectivity index (χ0v) is 17.2. The Kier molecular flexibility index (Phi) is 6.90. The van der Waals surface area contributed by atoms with Crippen molar-refractivity contribution in [3.8, 4) is 11.3 Å². The SMILES string of the molecule is CSc1ccccc1Nc1cc(-c2ccccc2)nc(N[C@@H](CO)C(C)C)n1. The van der Waals surface area contributed by atoms with Gasteiger partial charge in [0.05, 0.1) is 24.0 Å². The van der Waals surface area contributed by atoms with Crippen molar-refractivity contribution < 1.29 is 5.11 Å². The molecule has 6 heteroatoms. The molecule has 0 aliphatic carbocycles. The first-order valence-corrected chi connectivity index (χ1v) is 10.5. The first kappa shape index (κ1) is 20.2. The number of aliphatic hydroxyl groups excluding tert-OH is 1. The summed E-state index contributed by atoms with van der Waals surface area (Å²) in [6, 6.07) is 20.0. The summed E-state index contributed by atoms with van der Waals surface area (Å²) in [5.74, 6) is 1.46. The highest BCUT2D eigenvalue weighted by molar-refractivity contribution is 7.98. The van der Waals surface area contributed by atoms with E-state index < -0.39 is 0 Å². The monoisotopic (exact) mass is 394 g/mol. The van der Waals surface area contributed by atoms with Crippen molar-refractivity contribution in [1.29, 1.82) is 0 Å². The number of hydrogen-bond acceptors (Lipinski definition) is 6. The number of anilines is 3. The smallest absolute Gasteiger partial charge is 0.225 e. The average Bonchev–Trinajstić information content (AvgIpc) is 2.72. The average molecular weight is 395 g/mol. The summed E-state index contributed by atoms with van der Waals surface area (Å²) in [6.07, 6.45) is 2.05. The Morgan fingerprint density at radius 1 is 1.00 bits per heavy atom. The van der Waals surface area contributed by atoms with Crippen molar-refractivity contribution in [3.63, 3.8) is 0 Å². The van der Waals surface area contributed by atoms with Crippen LogP contribution >= 0.6 is 11.8 Å². The topological polar surface area (TPSA) is 70.1 Å². The molecule has 0 radical (unpaired) electrons. The molecule has 0 fully saturated rings. The molecule has 5 nitrogen and oxygen atoms in total. The van der Waals surface area contributed by atoms with Crippen molar-refractivity contribution in [2.75, 3.05) is 23.5 Å². The highest BCUT2D eigenvalue weighted by Crippen LogP contribution is 2.29. The van der Waals surface area contributed by atoms with E-state index in [0.717, 1.165) is 21.8 Å². The molecular formula is C22H26N4OS. The van der Waals surface area contributed by atoms with Gasteiger partial charge in [-0.2, -0.15) is 4.98 Å². The van der Waals surface area contributed by atoms with Gasteiger partial charge in [-0.3, -0.25) is 0 Å². The Hall–Kier alpha value is -2.57. The lowest BCUT2D eigenvalue weighted by Gasteiger charge is -2.21. The molecule has 146 valence electrons. The minimum Gasteiger partial charge on any atom is -0.394 e. The number of nitrogens with zero attached hydrogens (tertiary/aromatic N) is 2. The summed E-state index contributed by atoms with van der Waals surface area (Å²) in [6.45, 7) is 4.14.